The number of rotatable bonds is 4. The molecule has 0 saturated heterocycles. The van der Waals surface area contributed by atoms with Gasteiger partial charge in [-0.2, -0.15) is 0 Å². The molecule has 30 heavy (non-hydrogen) atoms. The predicted octanol–water partition coefficient (Wildman–Crippen LogP) is 4.60. The van der Waals surface area contributed by atoms with Crippen molar-refractivity contribution in [1.29, 1.82) is 0 Å². The average molecular weight is 414 g/mol. The van der Waals surface area contributed by atoms with E-state index in [0.717, 1.165) is 5.56 Å². The van der Waals surface area contributed by atoms with Gasteiger partial charge in [0.2, 0.25) is 5.91 Å². The zero-order valence-corrected chi connectivity index (χ0v) is 17.5. The number of carbonyl (C=O) groups is 2. The number of nitrogens with one attached hydrogen (secondary N) is 1. The molecule has 0 saturated carbocycles. The molecule has 0 fully saturated rings. The fourth-order valence-electron chi connectivity index (χ4n) is 3.28. The number of benzene rings is 2. The number of anilines is 1. The summed E-state index contributed by atoms with van der Waals surface area (Å²) in [6.45, 7) is 6.19. The summed E-state index contributed by atoms with van der Waals surface area (Å²) < 4.78 is 24.6. The molecule has 7 heteroatoms. The predicted molar refractivity (Wildman–Crippen MR) is 112 cm³/mol. The standard InChI is InChI=1S/C23H27FN2O4/c1-23(2,3)30-22(28)25-18(16-8-5-4-6-9-16)15-21(27)26-12-7-13-29-20-14-17(24)10-11-19(20)26/h4-6,8-11,14,18H,7,12-13,15H2,1-3H3,(H,25,28)/t18-/m0/s1. The molecular weight excluding hydrogens is 387 g/mol. The van der Waals surface area contributed by atoms with Gasteiger partial charge in [-0.05, 0) is 44.9 Å². The van der Waals surface area contributed by atoms with Gasteiger partial charge in [0.15, 0.2) is 0 Å². The second-order valence-electron chi connectivity index (χ2n) is 8.17. The van der Waals surface area contributed by atoms with E-state index in [9.17, 15) is 14.0 Å². The smallest absolute Gasteiger partial charge is 0.408 e. The molecular formula is C23H27FN2O4. The van der Waals surface area contributed by atoms with Crippen LogP contribution in [0.15, 0.2) is 48.5 Å². The van der Waals surface area contributed by atoms with Gasteiger partial charge in [-0.15, -0.1) is 0 Å². The molecule has 1 heterocycles. The number of nitrogens with zero attached hydrogens (tertiary/aromatic N) is 1. The van der Waals surface area contributed by atoms with E-state index in [0.29, 0.717) is 31.0 Å². The Hall–Kier alpha value is -3.09. The van der Waals surface area contributed by atoms with E-state index in [2.05, 4.69) is 5.32 Å². The van der Waals surface area contributed by atoms with E-state index < -0.39 is 23.6 Å². The highest BCUT2D eigenvalue weighted by atomic mass is 19.1. The molecule has 0 aromatic heterocycles. The number of carbonyl (C=O) groups excluding carboxylic acids is 2. The Morgan fingerprint density at radius 2 is 1.93 bits per heavy atom. The molecule has 0 spiro atoms. The van der Waals surface area contributed by atoms with Crippen LogP contribution in [0.3, 0.4) is 0 Å². The summed E-state index contributed by atoms with van der Waals surface area (Å²) in [6, 6.07) is 12.8. The van der Waals surface area contributed by atoms with Gasteiger partial charge < -0.3 is 19.7 Å². The quantitative estimate of drug-likeness (QED) is 0.794. The summed E-state index contributed by atoms with van der Waals surface area (Å²) in [7, 11) is 0. The Morgan fingerprint density at radius 1 is 1.20 bits per heavy atom. The normalized spacial score (nSPS) is 14.7. The third-order valence-electron chi connectivity index (χ3n) is 4.57. The Morgan fingerprint density at radius 3 is 2.63 bits per heavy atom. The maximum Gasteiger partial charge on any atom is 0.408 e. The van der Waals surface area contributed by atoms with Crippen LogP contribution in [0.2, 0.25) is 0 Å². The van der Waals surface area contributed by atoms with Gasteiger partial charge in [0.05, 0.1) is 24.8 Å². The minimum atomic E-state index is -0.652. The highest BCUT2D eigenvalue weighted by molar-refractivity contribution is 5.95. The first kappa shape index (κ1) is 21.6. The second-order valence-corrected chi connectivity index (χ2v) is 8.17. The van der Waals surface area contributed by atoms with Crippen LogP contribution < -0.4 is 15.0 Å². The minimum absolute atomic E-state index is 0.0278. The molecule has 1 aliphatic heterocycles. The van der Waals surface area contributed by atoms with Gasteiger partial charge in [0.25, 0.3) is 0 Å². The molecule has 2 aromatic rings. The largest absolute Gasteiger partial charge is 0.491 e. The van der Waals surface area contributed by atoms with E-state index in [1.807, 2.05) is 30.3 Å². The Kier molecular flexibility index (Phi) is 6.59. The van der Waals surface area contributed by atoms with Gasteiger partial charge in [-0.1, -0.05) is 30.3 Å². The fourth-order valence-corrected chi connectivity index (χ4v) is 3.28. The zero-order chi connectivity index (χ0) is 21.7. The Balaban J connectivity index is 1.82. The van der Waals surface area contributed by atoms with Crippen LogP contribution in [0.25, 0.3) is 0 Å². The summed E-state index contributed by atoms with van der Waals surface area (Å²) >= 11 is 0. The van der Waals surface area contributed by atoms with Gasteiger partial charge in [-0.25, -0.2) is 9.18 Å². The Bertz CT molecular complexity index is 896. The lowest BCUT2D eigenvalue weighted by Gasteiger charge is -2.27. The van der Waals surface area contributed by atoms with E-state index in [4.69, 9.17) is 9.47 Å². The van der Waals surface area contributed by atoms with Crippen molar-refractivity contribution >= 4 is 17.7 Å². The van der Waals surface area contributed by atoms with Crippen molar-refractivity contribution in [2.45, 2.75) is 45.3 Å². The topological polar surface area (TPSA) is 67.9 Å². The monoisotopic (exact) mass is 414 g/mol. The number of alkyl carbamates (subject to hydrolysis) is 1. The zero-order valence-electron chi connectivity index (χ0n) is 17.5. The van der Waals surface area contributed by atoms with Crippen LogP contribution >= 0.6 is 0 Å². The van der Waals surface area contributed by atoms with Crippen LogP contribution in [-0.2, 0) is 9.53 Å². The molecule has 6 nitrogen and oxygen atoms in total. The average Bonchev–Trinajstić information content (AvgIpc) is 2.88. The minimum Gasteiger partial charge on any atom is -0.491 e. The fraction of sp³-hybridized carbons (Fsp3) is 0.391. The molecule has 2 aromatic carbocycles. The van der Waals surface area contributed by atoms with Crippen molar-refractivity contribution in [1.82, 2.24) is 5.32 Å². The third-order valence-corrected chi connectivity index (χ3v) is 4.57. The van der Waals surface area contributed by atoms with Gasteiger partial charge >= 0.3 is 6.09 Å². The van der Waals surface area contributed by atoms with Crippen molar-refractivity contribution in [3.63, 3.8) is 0 Å². The molecule has 2 amide bonds. The molecule has 1 atom stereocenters. The molecule has 0 bridgehead atoms. The highest BCUT2D eigenvalue weighted by Gasteiger charge is 2.27. The first-order valence-corrected chi connectivity index (χ1v) is 10.00. The summed E-state index contributed by atoms with van der Waals surface area (Å²) in [5, 5.41) is 2.81. The lowest BCUT2D eigenvalue weighted by molar-refractivity contribution is -0.119. The SMILES string of the molecule is CC(C)(C)OC(=O)N[C@@H](CC(=O)N1CCCOc2cc(F)ccc21)c1ccccc1. The van der Waals surface area contributed by atoms with E-state index in [1.54, 1.807) is 31.7 Å². The lowest BCUT2D eigenvalue weighted by atomic mass is 10.0. The first-order valence-electron chi connectivity index (χ1n) is 10.00. The van der Waals surface area contributed by atoms with Crippen molar-refractivity contribution < 1.29 is 23.5 Å². The van der Waals surface area contributed by atoms with Gasteiger partial charge in [-0.3, -0.25) is 4.79 Å². The number of hydrogen-bond acceptors (Lipinski definition) is 4. The number of fused-ring (bicyclic) bond motifs is 1. The highest BCUT2D eigenvalue weighted by Crippen LogP contribution is 2.33. The molecule has 3 rings (SSSR count). The number of ether oxygens (including phenoxy) is 2. The van der Waals surface area contributed by atoms with E-state index in [1.165, 1.54) is 12.1 Å². The van der Waals surface area contributed by atoms with Crippen molar-refractivity contribution in [2.24, 2.45) is 0 Å². The van der Waals surface area contributed by atoms with Crippen LogP contribution in [0.5, 0.6) is 5.75 Å². The molecule has 160 valence electrons. The van der Waals surface area contributed by atoms with Gasteiger partial charge in [0, 0.05) is 12.6 Å². The van der Waals surface area contributed by atoms with Crippen molar-refractivity contribution in [3.8, 4) is 5.75 Å². The van der Waals surface area contributed by atoms with Crippen LogP contribution in [0.1, 0.15) is 45.2 Å². The lowest BCUT2D eigenvalue weighted by Crippen LogP contribution is -2.39. The molecule has 1 N–H and O–H groups in total. The molecule has 0 radical (unpaired) electrons. The maximum atomic E-state index is 13.6. The number of amides is 2. The molecule has 1 aliphatic rings. The summed E-state index contributed by atoms with van der Waals surface area (Å²) in [5.41, 5.74) is 0.672. The Labute approximate surface area is 176 Å². The maximum absolute atomic E-state index is 13.6. The number of halogens is 1. The van der Waals surface area contributed by atoms with Crippen molar-refractivity contribution in [2.75, 3.05) is 18.1 Å². The first-order chi connectivity index (χ1) is 14.2. The van der Waals surface area contributed by atoms with E-state index in [-0.39, 0.29) is 12.3 Å². The molecule has 0 unspecified atom stereocenters. The molecule has 0 aliphatic carbocycles. The van der Waals surface area contributed by atoms with Crippen molar-refractivity contribution in [3.05, 3.63) is 59.9 Å². The van der Waals surface area contributed by atoms with Crippen LogP contribution in [-0.4, -0.2) is 30.8 Å². The van der Waals surface area contributed by atoms with Gasteiger partial charge in [0.1, 0.15) is 17.2 Å². The van der Waals surface area contributed by atoms with Crippen LogP contribution in [0.4, 0.5) is 14.9 Å². The second kappa shape index (κ2) is 9.15. The summed E-state index contributed by atoms with van der Waals surface area (Å²) in [6.07, 6.45) is 0.0586. The summed E-state index contributed by atoms with van der Waals surface area (Å²) in [4.78, 5) is 27.2. The summed E-state index contributed by atoms with van der Waals surface area (Å²) in [5.74, 6) is -0.271. The third kappa shape index (κ3) is 5.72. The number of hydrogen-bond donors (Lipinski definition) is 1. The van der Waals surface area contributed by atoms with E-state index >= 15 is 0 Å². The van der Waals surface area contributed by atoms with Crippen LogP contribution in [0, 0.1) is 5.82 Å².